The first-order valence-electron chi connectivity index (χ1n) is 8.17. The van der Waals surface area contributed by atoms with E-state index in [0.717, 1.165) is 0 Å². The Labute approximate surface area is 171 Å². The number of amides is 1. The van der Waals surface area contributed by atoms with E-state index < -0.39 is 18.5 Å². The smallest absolute Gasteiger partial charge is 0.341 e. The average Bonchev–Trinajstić information content (AvgIpc) is 2.71. The molecule has 8 nitrogen and oxygen atoms in total. The Morgan fingerprint density at radius 2 is 1.90 bits per heavy atom. The number of aliphatic carboxylic acids is 1. The molecule has 9 heteroatoms. The van der Waals surface area contributed by atoms with E-state index in [2.05, 4.69) is 5.32 Å². The van der Waals surface area contributed by atoms with Gasteiger partial charge in [-0.3, -0.25) is 4.79 Å². The number of rotatable bonds is 8. The van der Waals surface area contributed by atoms with Crippen LogP contribution in [0.15, 0.2) is 42.0 Å². The minimum Gasteiger partial charge on any atom is -0.497 e. The summed E-state index contributed by atoms with van der Waals surface area (Å²) in [4.78, 5) is 23.1. The van der Waals surface area contributed by atoms with Gasteiger partial charge in [-0.05, 0) is 48.0 Å². The molecule has 2 aromatic rings. The number of methoxy groups -OCH3 is 2. The van der Waals surface area contributed by atoms with Crippen LogP contribution in [0.1, 0.15) is 5.56 Å². The van der Waals surface area contributed by atoms with Gasteiger partial charge in [-0.2, -0.15) is 5.26 Å². The van der Waals surface area contributed by atoms with Crippen molar-refractivity contribution in [3.63, 3.8) is 0 Å². The summed E-state index contributed by atoms with van der Waals surface area (Å²) < 4.78 is 15.3. The number of anilines is 1. The fraction of sp³-hybridized carbons (Fsp3) is 0.150. The molecule has 1 amide bonds. The third-order valence-electron chi connectivity index (χ3n) is 3.62. The molecule has 150 valence electrons. The first kappa shape index (κ1) is 21.6. The maximum Gasteiger partial charge on any atom is 0.341 e. The molecular formula is C20H17ClN2O6. The number of carbonyl (C=O) groups is 2. The molecule has 0 saturated heterocycles. The van der Waals surface area contributed by atoms with Gasteiger partial charge >= 0.3 is 5.97 Å². The highest BCUT2D eigenvalue weighted by Crippen LogP contribution is 2.37. The van der Waals surface area contributed by atoms with E-state index in [1.54, 1.807) is 24.3 Å². The van der Waals surface area contributed by atoms with Gasteiger partial charge in [-0.1, -0.05) is 11.6 Å². The second-order valence-electron chi connectivity index (χ2n) is 5.57. The van der Waals surface area contributed by atoms with Crippen LogP contribution >= 0.6 is 11.6 Å². The van der Waals surface area contributed by atoms with Crippen LogP contribution in [0.25, 0.3) is 6.08 Å². The molecule has 2 rings (SSSR count). The normalized spacial score (nSPS) is 10.6. The zero-order chi connectivity index (χ0) is 21.4. The number of nitrogens with zero attached hydrogens (tertiary/aromatic N) is 1. The summed E-state index contributed by atoms with van der Waals surface area (Å²) in [6.45, 7) is -0.598. The third-order valence-corrected chi connectivity index (χ3v) is 3.90. The monoisotopic (exact) mass is 416 g/mol. The van der Waals surface area contributed by atoms with Crippen molar-refractivity contribution in [2.45, 2.75) is 0 Å². The highest BCUT2D eigenvalue weighted by Gasteiger charge is 2.15. The van der Waals surface area contributed by atoms with Crippen LogP contribution in [-0.4, -0.2) is 37.8 Å². The summed E-state index contributed by atoms with van der Waals surface area (Å²) in [6.07, 6.45) is 1.33. The second-order valence-corrected chi connectivity index (χ2v) is 5.98. The van der Waals surface area contributed by atoms with E-state index in [1.165, 1.54) is 32.4 Å². The van der Waals surface area contributed by atoms with Gasteiger partial charge in [0.25, 0.3) is 5.91 Å². The summed E-state index contributed by atoms with van der Waals surface area (Å²) in [6, 6.07) is 11.4. The lowest BCUT2D eigenvalue weighted by atomic mass is 10.1. The molecule has 0 unspecified atom stereocenters. The largest absolute Gasteiger partial charge is 0.497 e. The quantitative estimate of drug-likeness (QED) is 0.500. The first-order valence-corrected chi connectivity index (χ1v) is 8.55. The van der Waals surface area contributed by atoms with Crippen molar-refractivity contribution in [2.75, 3.05) is 26.1 Å². The average molecular weight is 417 g/mol. The molecule has 29 heavy (non-hydrogen) atoms. The zero-order valence-electron chi connectivity index (χ0n) is 15.6. The molecular weight excluding hydrogens is 400 g/mol. The predicted octanol–water partition coefficient (Wildman–Crippen LogP) is 3.37. The molecule has 0 heterocycles. The van der Waals surface area contributed by atoms with Gasteiger partial charge in [-0.15, -0.1) is 0 Å². The van der Waals surface area contributed by atoms with Gasteiger partial charge < -0.3 is 24.6 Å². The van der Waals surface area contributed by atoms with E-state index in [9.17, 15) is 14.9 Å². The van der Waals surface area contributed by atoms with E-state index >= 15 is 0 Å². The van der Waals surface area contributed by atoms with Crippen LogP contribution in [-0.2, 0) is 9.59 Å². The van der Waals surface area contributed by atoms with E-state index in [-0.39, 0.29) is 22.1 Å². The molecule has 0 saturated carbocycles. The Morgan fingerprint density at radius 3 is 2.45 bits per heavy atom. The van der Waals surface area contributed by atoms with Crippen molar-refractivity contribution in [1.29, 1.82) is 5.26 Å². The first-order chi connectivity index (χ1) is 13.9. The van der Waals surface area contributed by atoms with E-state index in [1.807, 2.05) is 6.07 Å². The topological polar surface area (TPSA) is 118 Å². The molecule has 0 aromatic heterocycles. The van der Waals surface area contributed by atoms with E-state index in [4.69, 9.17) is 30.9 Å². The molecule has 0 atom stereocenters. The SMILES string of the molecule is COc1ccc(NC(=O)C(C#N)=Cc2cc(Cl)c(OCC(=O)O)c(OC)c2)cc1. The summed E-state index contributed by atoms with van der Waals surface area (Å²) >= 11 is 6.14. The summed E-state index contributed by atoms with van der Waals surface area (Å²) in [5, 5.41) is 20.8. The molecule has 0 aliphatic rings. The Bertz CT molecular complexity index is 980. The molecule has 0 bridgehead atoms. The van der Waals surface area contributed by atoms with Crippen LogP contribution in [0.4, 0.5) is 5.69 Å². The van der Waals surface area contributed by atoms with Crippen molar-refractivity contribution >= 4 is 35.2 Å². The second kappa shape index (κ2) is 10.0. The molecule has 0 spiro atoms. The minimum absolute atomic E-state index is 0.0508. The number of halogens is 1. The van der Waals surface area contributed by atoms with Gasteiger partial charge in [0.05, 0.1) is 19.2 Å². The standard InChI is InChI=1S/C20H17ClN2O6/c1-27-15-5-3-14(4-6-15)23-20(26)13(10-22)7-12-8-16(21)19(17(9-12)28-2)29-11-18(24)25/h3-9H,11H2,1-2H3,(H,23,26)(H,24,25). The number of carboxylic acids is 1. The summed E-state index contributed by atoms with van der Waals surface area (Å²) in [7, 11) is 2.88. The zero-order valence-corrected chi connectivity index (χ0v) is 16.3. The van der Waals surface area contributed by atoms with Crippen molar-refractivity contribution < 1.29 is 28.9 Å². The number of ether oxygens (including phenoxy) is 3. The number of nitriles is 1. The van der Waals surface area contributed by atoms with Gasteiger partial charge in [0.2, 0.25) is 0 Å². The van der Waals surface area contributed by atoms with Crippen LogP contribution in [0.2, 0.25) is 5.02 Å². The van der Waals surface area contributed by atoms with Gasteiger partial charge in [0.15, 0.2) is 18.1 Å². The highest BCUT2D eigenvalue weighted by molar-refractivity contribution is 6.32. The molecule has 2 N–H and O–H groups in total. The van der Waals surface area contributed by atoms with Gasteiger partial charge in [0.1, 0.15) is 17.4 Å². The fourth-order valence-corrected chi connectivity index (χ4v) is 2.56. The van der Waals surface area contributed by atoms with Crippen molar-refractivity contribution in [3.05, 3.63) is 52.6 Å². The number of benzene rings is 2. The molecule has 2 aromatic carbocycles. The van der Waals surface area contributed by atoms with Crippen LogP contribution < -0.4 is 19.5 Å². The molecule has 0 aliphatic heterocycles. The minimum atomic E-state index is -1.17. The van der Waals surface area contributed by atoms with Crippen LogP contribution in [0, 0.1) is 11.3 Å². The van der Waals surface area contributed by atoms with Crippen molar-refractivity contribution in [1.82, 2.24) is 0 Å². The predicted molar refractivity (Wildman–Crippen MR) is 106 cm³/mol. The Hall–Kier alpha value is -3.70. The molecule has 0 fully saturated rings. The Kier molecular flexibility index (Phi) is 7.46. The number of carbonyl (C=O) groups excluding carboxylic acids is 1. The summed E-state index contributed by atoms with van der Waals surface area (Å²) in [5.74, 6) is -0.938. The van der Waals surface area contributed by atoms with Crippen LogP contribution in [0.5, 0.6) is 17.2 Å². The van der Waals surface area contributed by atoms with Crippen molar-refractivity contribution in [2.24, 2.45) is 0 Å². The van der Waals surface area contributed by atoms with Crippen molar-refractivity contribution in [3.8, 4) is 23.3 Å². The lowest BCUT2D eigenvalue weighted by Gasteiger charge is -2.12. The maximum atomic E-state index is 12.4. The van der Waals surface area contributed by atoms with Gasteiger partial charge in [0, 0.05) is 5.69 Å². The number of nitrogens with one attached hydrogen (secondary N) is 1. The molecule has 0 aliphatic carbocycles. The molecule has 0 radical (unpaired) electrons. The summed E-state index contributed by atoms with van der Waals surface area (Å²) in [5.41, 5.74) is 0.721. The lowest BCUT2D eigenvalue weighted by molar-refractivity contribution is -0.139. The third kappa shape index (κ3) is 5.89. The van der Waals surface area contributed by atoms with Crippen LogP contribution in [0.3, 0.4) is 0 Å². The number of hydrogen-bond acceptors (Lipinski definition) is 6. The fourth-order valence-electron chi connectivity index (χ4n) is 2.29. The van der Waals surface area contributed by atoms with Gasteiger partial charge in [-0.25, -0.2) is 4.79 Å². The number of hydrogen-bond donors (Lipinski definition) is 2. The Morgan fingerprint density at radius 1 is 1.21 bits per heavy atom. The van der Waals surface area contributed by atoms with E-state index in [0.29, 0.717) is 17.0 Å². The Balaban J connectivity index is 2.26. The maximum absolute atomic E-state index is 12.4. The lowest BCUT2D eigenvalue weighted by Crippen LogP contribution is -2.13. The highest BCUT2D eigenvalue weighted by atomic mass is 35.5. The number of carboxylic acid groups (broad SMARTS) is 1.